The average Bonchev–Trinajstić information content (AvgIpc) is 2.07. The fraction of sp³-hybridized carbons (Fsp3) is 0. The van der Waals surface area contributed by atoms with Gasteiger partial charge in [-0.3, -0.25) is 0 Å². The molecule has 0 unspecified atom stereocenters. The predicted octanol–water partition coefficient (Wildman–Crippen LogP) is 1.82. The molecule has 0 atom stereocenters. The van der Waals surface area contributed by atoms with E-state index in [1.807, 2.05) is 18.2 Å². The normalized spacial score (nSPS) is 10.4. The van der Waals surface area contributed by atoms with E-state index >= 15 is 0 Å². The number of anilines is 1. The third kappa shape index (κ3) is 1.22. The first-order chi connectivity index (χ1) is 5.77. The molecule has 2 aromatic rings. The van der Waals surface area contributed by atoms with E-state index < -0.39 is 0 Å². The quantitative estimate of drug-likeness (QED) is 0.743. The molecule has 1 heterocycles. The van der Waals surface area contributed by atoms with Crippen LogP contribution in [-0.2, 0) is 0 Å². The van der Waals surface area contributed by atoms with Crippen molar-refractivity contribution in [1.82, 2.24) is 10.2 Å². The van der Waals surface area contributed by atoms with Crippen molar-refractivity contribution in [3.05, 3.63) is 28.0 Å². The van der Waals surface area contributed by atoms with Gasteiger partial charge in [-0.05, 0) is 40.8 Å². The summed E-state index contributed by atoms with van der Waals surface area (Å²) in [6, 6.07) is 5.90. The van der Waals surface area contributed by atoms with E-state index in [2.05, 4.69) is 32.8 Å². The maximum Gasteiger partial charge on any atom is 0.0951 e. The van der Waals surface area contributed by atoms with Gasteiger partial charge in [0.25, 0.3) is 0 Å². The first-order valence-corrected chi connectivity index (χ1v) is 4.51. The zero-order valence-corrected chi connectivity index (χ0v) is 8.32. The Hall–Kier alpha value is -0.910. The fourth-order valence-electron chi connectivity index (χ4n) is 1.05. The number of rotatable bonds is 0. The van der Waals surface area contributed by atoms with Crippen LogP contribution in [0.2, 0.25) is 0 Å². The Kier molecular flexibility index (Phi) is 1.84. The van der Waals surface area contributed by atoms with E-state index in [-0.39, 0.29) is 0 Å². The SMILES string of the molecule is Nc1cnnc2ccc(I)cc12. The minimum absolute atomic E-state index is 0.679. The molecule has 4 heteroatoms. The molecule has 0 fully saturated rings. The van der Waals surface area contributed by atoms with Gasteiger partial charge in [-0.1, -0.05) is 0 Å². The van der Waals surface area contributed by atoms with Gasteiger partial charge in [0.1, 0.15) is 0 Å². The van der Waals surface area contributed by atoms with E-state index in [4.69, 9.17) is 5.73 Å². The summed E-state index contributed by atoms with van der Waals surface area (Å²) in [5, 5.41) is 8.68. The first-order valence-electron chi connectivity index (χ1n) is 3.44. The molecule has 2 rings (SSSR count). The predicted molar refractivity (Wildman–Crippen MR) is 56.7 cm³/mol. The Balaban J connectivity index is 2.88. The van der Waals surface area contributed by atoms with Gasteiger partial charge < -0.3 is 5.73 Å². The Labute approximate surface area is 83.1 Å². The molecule has 0 aliphatic carbocycles. The Morgan fingerprint density at radius 3 is 3.00 bits per heavy atom. The summed E-state index contributed by atoms with van der Waals surface area (Å²) in [4.78, 5) is 0. The second-order valence-electron chi connectivity index (χ2n) is 2.46. The number of nitrogen functional groups attached to an aromatic ring is 1. The van der Waals surface area contributed by atoms with Crippen LogP contribution in [0.5, 0.6) is 0 Å². The van der Waals surface area contributed by atoms with E-state index in [0.717, 1.165) is 14.5 Å². The molecule has 0 aliphatic rings. The third-order valence-corrected chi connectivity index (χ3v) is 2.30. The zero-order valence-electron chi connectivity index (χ0n) is 6.16. The van der Waals surface area contributed by atoms with Gasteiger partial charge in [-0.15, -0.1) is 0 Å². The number of hydrogen-bond acceptors (Lipinski definition) is 3. The number of aromatic nitrogens is 2. The number of halogens is 1. The summed E-state index contributed by atoms with van der Waals surface area (Å²) in [6.07, 6.45) is 1.57. The topological polar surface area (TPSA) is 51.8 Å². The van der Waals surface area contributed by atoms with Gasteiger partial charge in [-0.2, -0.15) is 10.2 Å². The lowest BCUT2D eigenvalue weighted by Crippen LogP contribution is -1.91. The van der Waals surface area contributed by atoms with Crippen molar-refractivity contribution >= 4 is 39.2 Å². The molecule has 0 saturated carbocycles. The number of fused-ring (bicyclic) bond motifs is 1. The molecule has 12 heavy (non-hydrogen) atoms. The lowest BCUT2D eigenvalue weighted by Gasteiger charge is -1.99. The highest BCUT2D eigenvalue weighted by Crippen LogP contribution is 2.19. The molecule has 0 spiro atoms. The Morgan fingerprint density at radius 2 is 2.17 bits per heavy atom. The van der Waals surface area contributed by atoms with Crippen molar-refractivity contribution in [3.8, 4) is 0 Å². The van der Waals surface area contributed by atoms with Crippen molar-refractivity contribution in [2.75, 3.05) is 5.73 Å². The number of nitrogens with zero attached hydrogens (tertiary/aromatic N) is 2. The molecule has 0 aliphatic heterocycles. The zero-order chi connectivity index (χ0) is 8.55. The molecule has 1 aromatic carbocycles. The summed E-state index contributed by atoms with van der Waals surface area (Å²) < 4.78 is 1.15. The minimum atomic E-state index is 0.679. The van der Waals surface area contributed by atoms with Gasteiger partial charge in [0.2, 0.25) is 0 Å². The van der Waals surface area contributed by atoms with Gasteiger partial charge in [0.05, 0.1) is 17.4 Å². The smallest absolute Gasteiger partial charge is 0.0951 e. The maximum atomic E-state index is 5.72. The van der Waals surface area contributed by atoms with E-state index in [0.29, 0.717) is 5.69 Å². The fourth-order valence-corrected chi connectivity index (χ4v) is 1.54. The summed E-state index contributed by atoms with van der Waals surface area (Å²) in [6.45, 7) is 0. The van der Waals surface area contributed by atoms with E-state index in [1.54, 1.807) is 6.20 Å². The Bertz CT molecular complexity index is 428. The summed E-state index contributed by atoms with van der Waals surface area (Å²) >= 11 is 2.24. The van der Waals surface area contributed by atoms with Crippen LogP contribution in [0.3, 0.4) is 0 Å². The van der Waals surface area contributed by atoms with Crippen molar-refractivity contribution < 1.29 is 0 Å². The van der Waals surface area contributed by atoms with Crippen molar-refractivity contribution in [3.63, 3.8) is 0 Å². The molecular formula is C8H6IN3. The second-order valence-corrected chi connectivity index (χ2v) is 3.71. The van der Waals surface area contributed by atoms with Crippen molar-refractivity contribution in [2.45, 2.75) is 0 Å². The lowest BCUT2D eigenvalue weighted by molar-refractivity contribution is 1.08. The summed E-state index contributed by atoms with van der Waals surface area (Å²) in [5.41, 5.74) is 7.24. The van der Waals surface area contributed by atoms with Gasteiger partial charge in [0, 0.05) is 8.96 Å². The highest BCUT2D eigenvalue weighted by atomic mass is 127. The van der Waals surface area contributed by atoms with Gasteiger partial charge >= 0.3 is 0 Å². The molecule has 3 nitrogen and oxygen atoms in total. The largest absolute Gasteiger partial charge is 0.397 e. The number of nitrogens with two attached hydrogens (primary N) is 1. The standard InChI is InChI=1S/C8H6IN3/c9-5-1-2-8-6(3-5)7(10)4-11-12-8/h1-4H,(H2,10,12). The van der Waals surface area contributed by atoms with Crippen LogP contribution in [0, 0.1) is 3.57 Å². The highest BCUT2D eigenvalue weighted by Gasteiger charge is 1.98. The van der Waals surface area contributed by atoms with Crippen LogP contribution in [0.1, 0.15) is 0 Å². The van der Waals surface area contributed by atoms with Crippen LogP contribution in [-0.4, -0.2) is 10.2 Å². The van der Waals surface area contributed by atoms with Crippen molar-refractivity contribution in [1.29, 1.82) is 0 Å². The molecular weight excluding hydrogens is 265 g/mol. The maximum absolute atomic E-state index is 5.72. The molecule has 0 radical (unpaired) electrons. The average molecular weight is 271 g/mol. The summed E-state index contributed by atoms with van der Waals surface area (Å²) in [7, 11) is 0. The van der Waals surface area contributed by atoms with E-state index in [1.165, 1.54) is 0 Å². The van der Waals surface area contributed by atoms with Crippen molar-refractivity contribution in [2.24, 2.45) is 0 Å². The van der Waals surface area contributed by atoms with Crippen LogP contribution in [0.4, 0.5) is 5.69 Å². The lowest BCUT2D eigenvalue weighted by atomic mass is 10.2. The van der Waals surface area contributed by atoms with Crippen LogP contribution in [0.15, 0.2) is 24.4 Å². The van der Waals surface area contributed by atoms with Crippen LogP contribution < -0.4 is 5.73 Å². The summed E-state index contributed by atoms with van der Waals surface area (Å²) in [5.74, 6) is 0. The highest BCUT2D eigenvalue weighted by molar-refractivity contribution is 14.1. The Morgan fingerprint density at radius 1 is 1.33 bits per heavy atom. The second kappa shape index (κ2) is 2.85. The number of hydrogen-bond donors (Lipinski definition) is 1. The molecule has 1 aromatic heterocycles. The molecule has 2 N–H and O–H groups in total. The van der Waals surface area contributed by atoms with Gasteiger partial charge in [-0.25, -0.2) is 0 Å². The van der Waals surface area contributed by atoms with Crippen LogP contribution in [0.25, 0.3) is 10.9 Å². The number of benzene rings is 1. The van der Waals surface area contributed by atoms with Crippen LogP contribution >= 0.6 is 22.6 Å². The molecule has 0 saturated heterocycles. The molecule has 60 valence electrons. The first kappa shape index (κ1) is 7.72. The van der Waals surface area contributed by atoms with E-state index in [9.17, 15) is 0 Å². The minimum Gasteiger partial charge on any atom is -0.397 e. The third-order valence-electron chi connectivity index (χ3n) is 1.63. The van der Waals surface area contributed by atoms with Gasteiger partial charge in [0.15, 0.2) is 0 Å². The monoisotopic (exact) mass is 271 g/mol. The molecule has 0 bridgehead atoms. The molecule has 0 amide bonds.